The molecule has 0 aliphatic heterocycles. The van der Waals surface area contributed by atoms with Crippen molar-refractivity contribution in [3.05, 3.63) is 69.7 Å². The standard InChI is InChI=1S/C19H19BrO/c20-17-9-3-5-14(11-17)12-18(21)13-16-8-4-7-15-6-1-2-10-19(15)16/h1-3,5-6,9-11,16H,4,7-8,12-13H2. The minimum atomic E-state index is 0.342. The van der Waals surface area contributed by atoms with Gasteiger partial charge in [-0.05, 0) is 54.0 Å². The number of Topliss-reactive ketones (excluding diaryl/α,β-unsaturated/α-hetero) is 1. The quantitative estimate of drug-likeness (QED) is 0.757. The van der Waals surface area contributed by atoms with Gasteiger partial charge in [-0.1, -0.05) is 52.3 Å². The molecule has 2 aromatic rings. The van der Waals surface area contributed by atoms with Crippen LogP contribution >= 0.6 is 15.9 Å². The predicted molar refractivity (Wildman–Crippen MR) is 89.6 cm³/mol. The maximum absolute atomic E-state index is 12.4. The van der Waals surface area contributed by atoms with E-state index in [0.29, 0.717) is 24.5 Å². The third-order valence-corrected chi connectivity index (χ3v) is 4.75. The molecule has 3 rings (SSSR count). The van der Waals surface area contributed by atoms with Crippen LogP contribution in [0.4, 0.5) is 0 Å². The minimum absolute atomic E-state index is 0.342. The first-order valence-corrected chi connectivity index (χ1v) is 8.35. The summed E-state index contributed by atoms with van der Waals surface area (Å²) >= 11 is 3.46. The van der Waals surface area contributed by atoms with Gasteiger partial charge < -0.3 is 0 Å². The lowest BCUT2D eigenvalue weighted by molar-refractivity contribution is -0.118. The van der Waals surface area contributed by atoms with Crippen molar-refractivity contribution in [3.8, 4) is 0 Å². The fourth-order valence-electron chi connectivity index (χ4n) is 3.29. The van der Waals surface area contributed by atoms with E-state index < -0.39 is 0 Å². The van der Waals surface area contributed by atoms with Gasteiger partial charge in [0.05, 0.1) is 0 Å². The van der Waals surface area contributed by atoms with Crippen molar-refractivity contribution in [3.63, 3.8) is 0 Å². The second kappa shape index (κ2) is 6.57. The lowest BCUT2D eigenvalue weighted by Gasteiger charge is -2.25. The van der Waals surface area contributed by atoms with Crippen LogP contribution in [0.3, 0.4) is 0 Å². The molecule has 0 bridgehead atoms. The molecule has 0 amide bonds. The highest BCUT2D eigenvalue weighted by atomic mass is 79.9. The van der Waals surface area contributed by atoms with Crippen molar-refractivity contribution in [2.45, 2.75) is 38.0 Å². The summed E-state index contributed by atoms with van der Waals surface area (Å²) in [7, 11) is 0. The van der Waals surface area contributed by atoms with Gasteiger partial charge in [-0.3, -0.25) is 4.79 Å². The van der Waals surface area contributed by atoms with E-state index in [1.54, 1.807) is 0 Å². The Morgan fingerprint density at radius 3 is 2.86 bits per heavy atom. The molecule has 0 spiro atoms. The van der Waals surface area contributed by atoms with Gasteiger partial charge in [0.1, 0.15) is 5.78 Å². The lowest BCUT2D eigenvalue weighted by Crippen LogP contribution is -2.15. The third-order valence-electron chi connectivity index (χ3n) is 4.26. The number of hydrogen-bond acceptors (Lipinski definition) is 1. The van der Waals surface area contributed by atoms with Crippen LogP contribution < -0.4 is 0 Å². The van der Waals surface area contributed by atoms with Gasteiger partial charge in [-0.25, -0.2) is 0 Å². The van der Waals surface area contributed by atoms with Gasteiger partial charge in [0.25, 0.3) is 0 Å². The zero-order chi connectivity index (χ0) is 14.7. The summed E-state index contributed by atoms with van der Waals surface area (Å²) in [6.45, 7) is 0. The Bertz CT molecular complexity index is 648. The van der Waals surface area contributed by atoms with Crippen molar-refractivity contribution in [1.82, 2.24) is 0 Å². The molecule has 0 heterocycles. The van der Waals surface area contributed by atoms with Crippen LogP contribution in [0.15, 0.2) is 53.0 Å². The molecule has 0 radical (unpaired) electrons. The summed E-state index contributed by atoms with van der Waals surface area (Å²) in [5.41, 5.74) is 3.92. The van der Waals surface area contributed by atoms with Crippen molar-refractivity contribution >= 4 is 21.7 Å². The summed E-state index contributed by atoms with van der Waals surface area (Å²) in [6, 6.07) is 16.6. The van der Waals surface area contributed by atoms with Crippen LogP contribution in [-0.2, 0) is 17.6 Å². The first kappa shape index (κ1) is 14.5. The van der Waals surface area contributed by atoms with E-state index >= 15 is 0 Å². The number of fused-ring (bicyclic) bond motifs is 1. The Labute approximate surface area is 134 Å². The molecule has 2 heteroatoms. The van der Waals surface area contributed by atoms with Crippen molar-refractivity contribution in [2.75, 3.05) is 0 Å². The smallest absolute Gasteiger partial charge is 0.137 e. The number of halogens is 1. The van der Waals surface area contributed by atoms with E-state index in [-0.39, 0.29) is 0 Å². The summed E-state index contributed by atoms with van der Waals surface area (Å²) in [4.78, 5) is 12.4. The van der Waals surface area contributed by atoms with E-state index in [2.05, 4.69) is 40.2 Å². The summed E-state index contributed by atoms with van der Waals surface area (Å²) in [5.74, 6) is 0.754. The van der Waals surface area contributed by atoms with Crippen LogP contribution in [-0.4, -0.2) is 5.78 Å². The highest BCUT2D eigenvalue weighted by Crippen LogP contribution is 2.34. The minimum Gasteiger partial charge on any atom is -0.299 e. The highest BCUT2D eigenvalue weighted by Gasteiger charge is 2.22. The fraction of sp³-hybridized carbons (Fsp3) is 0.316. The summed E-state index contributed by atoms with van der Waals surface area (Å²) in [5, 5.41) is 0. The third kappa shape index (κ3) is 3.62. The van der Waals surface area contributed by atoms with Gasteiger partial charge in [0, 0.05) is 17.3 Å². The topological polar surface area (TPSA) is 17.1 Å². The number of hydrogen-bond donors (Lipinski definition) is 0. The molecule has 1 nitrogen and oxygen atoms in total. The molecular formula is C19H19BrO. The van der Waals surface area contributed by atoms with E-state index in [9.17, 15) is 4.79 Å². The van der Waals surface area contributed by atoms with Crippen molar-refractivity contribution < 1.29 is 4.79 Å². The molecule has 0 fully saturated rings. The van der Waals surface area contributed by atoms with Crippen molar-refractivity contribution in [1.29, 1.82) is 0 Å². The normalized spacial score (nSPS) is 17.3. The summed E-state index contributed by atoms with van der Waals surface area (Å²) in [6.07, 6.45) is 4.71. The molecule has 0 saturated heterocycles. The Hall–Kier alpha value is -1.41. The molecular weight excluding hydrogens is 324 g/mol. The number of aryl methyl sites for hydroxylation is 1. The van der Waals surface area contributed by atoms with Crippen LogP contribution in [0.25, 0.3) is 0 Å². The van der Waals surface area contributed by atoms with Crippen LogP contribution in [0, 0.1) is 0 Å². The highest BCUT2D eigenvalue weighted by molar-refractivity contribution is 9.10. The zero-order valence-electron chi connectivity index (χ0n) is 12.0. The SMILES string of the molecule is O=C(Cc1cccc(Br)c1)CC1CCCc2ccccc21. The molecule has 1 aliphatic carbocycles. The Kier molecular flexibility index (Phi) is 4.54. The molecule has 0 saturated carbocycles. The van der Waals surface area contributed by atoms with Gasteiger partial charge in [0.2, 0.25) is 0 Å². The lowest BCUT2D eigenvalue weighted by atomic mass is 9.80. The zero-order valence-corrected chi connectivity index (χ0v) is 13.6. The fourth-order valence-corrected chi connectivity index (χ4v) is 3.73. The number of ketones is 1. The van der Waals surface area contributed by atoms with Crippen LogP contribution in [0.1, 0.15) is 41.9 Å². The molecule has 21 heavy (non-hydrogen) atoms. The molecule has 1 atom stereocenters. The van der Waals surface area contributed by atoms with E-state index in [1.807, 2.05) is 24.3 Å². The van der Waals surface area contributed by atoms with Crippen molar-refractivity contribution in [2.24, 2.45) is 0 Å². The molecule has 1 aliphatic rings. The predicted octanol–water partition coefficient (Wildman–Crippen LogP) is 5.07. The average molecular weight is 343 g/mol. The van der Waals surface area contributed by atoms with Gasteiger partial charge in [-0.15, -0.1) is 0 Å². The number of carbonyl (C=O) groups excluding carboxylic acids is 1. The monoisotopic (exact) mass is 342 g/mol. The van der Waals surface area contributed by atoms with Gasteiger partial charge in [0.15, 0.2) is 0 Å². The number of benzene rings is 2. The second-order valence-electron chi connectivity index (χ2n) is 5.84. The second-order valence-corrected chi connectivity index (χ2v) is 6.75. The number of carbonyl (C=O) groups is 1. The van der Waals surface area contributed by atoms with E-state index in [1.165, 1.54) is 17.5 Å². The molecule has 0 aromatic heterocycles. The molecule has 2 aromatic carbocycles. The average Bonchev–Trinajstić information content (AvgIpc) is 2.47. The molecule has 108 valence electrons. The largest absolute Gasteiger partial charge is 0.299 e. The first-order valence-electron chi connectivity index (χ1n) is 7.56. The first-order chi connectivity index (χ1) is 10.2. The van der Waals surface area contributed by atoms with E-state index in [4.69, 9.17) is 0 Å². The molecule has 0 N–H and O–H groups in total. The van der Waals surface area contributed by atoms with E-state index in [0.717, 1.165) is 22.9 Å². The Morgan fingerprint density at radius 1 is 1.14 bits per heavy atom. The maximum atomic E-state index is 12.4. The van der Waals surface area contributed by atoms with Crippen LogP contribution in [0.5, 0.6) is 0 Å². The van der Waals surface area contributed by atoms with Gasteiger partial charge in [-0.2, -0.15) is 0 Å². The number of rotatable bonds is 4. The maximum Gasteiger partial charge on any atom is 0.137 e. The van der Waals surface area contributed by atoms with Crippen LogP contribution in [0.2, 0.25) is 0 Å². The Morgan fingerprint density at radius 2 is 2.00 bits per heavy atom. The van der Waals surface area contributed by atoms with Gasteiger partial charge >= 0.3 is 0 Å². The Balaban J connectivity index is 1.68. The molecule has 1 unspecified atom stereocenters. The summed E-state index contributed by atoms with van der Waals surface area (Å²) < 4.78 is 1.04.